The van der Waals surface area contributed by atoms with Crippen LogP contribution in [0.25, 0.3) is 0 Å². The summed E-state index contributed by atoms with van der Waals surface area (Å²) in [5, 5.41) is 10.8. The van der Waals surface area contributed by atoms with Gasteiger partial charge in [-0.1, -0.05) is 6.07 Å². The zero-order valence-electron chi connectivity index (χ0n) is 11.3. The molecular formula is C14H15FN4O. The molecule has 0 aliphatic carbocycles. The minimum atomic E-state index is -0.393. The van der Waals surface area contributed by atoms with Crippen molar-refractivity contribution in [1.82, 2.24) is 10.2 Å². The van der Waals surface area contributed by atoms with Crippen LogP contribution in [-0.2, 0) is 0 Å². The maximum Gasteiger partial charge on any atom is 0.278 e. The molecule has 1 N–H and O–H groups in total. The fraction of sp³-hybridized carbons (Fsp3) is 0.214. The molecule has 0 aliphatic rings. The molecule has 1 amide bonds. The molecule has 0 fully saturated rings. The predicted octanol–water partition coefficient (Wildman–Crippen LogP) is 2.32. The second-order valence-corrected chi connectivity index (χ2v) is 4.18. The Morgan fingerprint density at radius 3 is 2.70 bits per heavy atom. The van der Waals surface area contributed by atoms with Crippen LogP contribution in [0.2, 0.25) is 0 Å². The fourth-order valence-corrected chi connectivity index (χ4v) is 1.70. The summed E-state index contributed by atoms with van der Waals surface area (Å²) in [6.45, 7) is 2.67. The maximum absolute atomic E-state index is 13.2. The number of nitrogens with zero attached hydrogens (tertiary/aromatic N) is 3. The van der Waals surface area contributed by atoms with Crippen molar-refractivity contribution in [2.45, 2.75) is 6.92 Å². The third-order valence-electron chi connectivity index (χ3n) is 2.74. The quantitative estimate of drug-likeness (QED) is 0.929. The Balaban J connectivity index is 2.18. The van der Waals surface area contributed by atoms with Gasteiger partial charge >= 0.3 is 0 Å². The number of hydrogen-bond acceptors (Lipinski definition) is 4. The molecule has 1 heterocycles. The van der Waals surface area contributed by atoms with Gasteiger partial charge in [-0.05, 0) is 37.3 Å². The molecule has 0 atom stereocenters. The van der Waals surface area contributed by atoms with Crippen LogP contribution in [-0.4, -0.2) is 29.7 Å². The highest BCUT2D eigenvalue weighted by molar-refractivity contribution is 6.04. The fourth-order valence-electron chi connectivity index (χ4n) is 1.70. The number of carbonyl (C=O) groups excluding carboxylic acids is 1. The largest absolute Gasteiger partial charge is 0.369 e. The van der Waals surface area contributed by atoms with Crippen molar-refractivity contribution < 1.29 is 9.18 Å². The molecule has 20 heavy (non-hydrogen) atoms. The highest BCUT2D eigenvalue weighted by atomic mass is 19.1. The van der Waals surface area contributed by atoms with E-state index in [2.05, 4.69) is 15.5 Å². The van der Waals surface area contributed by atoms with E-state index in [1.165, 1.54) is 17.0 Å². The first-order valence-electron chi connectivity index (χ1n) is 6.23. The average Bonchev–Trinajstić information content (AvgIpc) is 2.47. The monoisotopic (exact) mass is 274 g/mol. The van der Waals surface area contributed by atoms with Gasteiger partial charge in [0.2, 0.25) is 0 Å². The van der Waals surface area contributed by atoms with Crippen LogP contribution in [0.1, 0.15) is 17.4 Å². The van der Waals surface area contributed by atoms with Crippen LogP contribution in [0.4, 0.5) is 15.9 Å². The van der Waals surface area contributed by atoms with Crippen LogP contribution in [0, 0.1) is 5.82 Å². The van der Waals surface area contributed by atoms with Gasteiger partial charge < -0.3 is 10.2 Å². The van der Waals surface area contributed by atoms with Gasteiger partial charge in [0.05, 0.1) is 0 Å². The summed E-state index contributed by atoms with van der Waals surface area (Å²) in [5.74, 6) is -0.126. The molecule has 1 aromatic heterocycles. The van der Waals surface area contributed by atoms with Crippen molar-refractivity contribution in [3.8, 4) is 0 Å². The molecule has 0 radical (unpaired) electrons. The van der Waals surface area contributed by atoms with Gasteiger partial charge in [0.15, 0.2) is 5.69 Å². The van der Waals surface area contributed by atoms with Gasteiger partial charge in [-0.15, -0.1) is 10.2 Å². The lowest BCUT2D eigenvalue weighted by Crippen LogP contribution is -2.27. The summed E-state index contributed by atoms with van der Waals surface area (Å²) >= 11 is 0. The van der Waals surface area contributed by atoms with Crippen LogP contribution in [0.15, 0.2) is 36.4 Å². The van der Waals surface area contributed by atoms with E-state index in [1.807, 2.05) is 6.92 Å². The van der Waals surface area contributed by atoms with E-state index in [9.17, 15) is 9.18 Å². The number of amides is 1. The van der Waals surface area contributed by atoms with E-state index in [0.29, 0.717) is 11.5 Å². The Labute approximate surface area is 116 Å². The zero-order valence-corrected chi connectivity index (χ0v) is 11.3. The van der Waals surface area contributed by atoms with Crippen molar-refractivity contribution in [1.29, 1.82) is 0 Å². The minimum Gasteiger partial charge on any atom is -0.369 e. The number of aromatic nitrogens is 2. The van der Waals surface area contributed by atoms with E-state index in [0.717, 1.165) is 6.54 Å². The summed E-state index contributed by atoms with van der Waals surface area (Å²) < 4.78 is 13.2. The molecular weight excluding hydrogens is 259 g/mol. The number of benzene rings is 1. The standard InChI is InChI=1S/C14H15FN4O/c1-3-16-13-8-7-12(17-18-13)14(20)19(2)11-6-4-5-10(15)9-11/h4-9H,3H2,1-2H3,(H,16,18). The van der Waals surface area contributed by atoms with Gasteiger partial charge in [0.25, 0.3) is 5.91 Å². The molecule has 0 unspecified atom stereocenters. The molecule has 0 saturated heterocycles. The maximum atomic E-state index is 13.2. The van der Waals surface area contributed by atoms with Gasteiger partial charge in [-0.25, -0.2) is 4.39 Å². The first-order chi connectivity index (χ1) is 9.61. The van der Waals surface area contributed by atoms with Crippen molar-refractivity contribution in [2.24, 2.45) is 0 Å². The number of anilines is 2. The van der Waals surface area contributed by atoms with Gasteiger partial charge in [-0.3, -0.25) is 4.79 Å². The third-order valence-corrected chi connectivity index (χ3v) is 2.74. The van der Waals surface area contributed by atoms with Gasteiger partial charge in [0.1, 0.15) is 11.6 Å². The lowest BCUT2D eigenvalue weighted by atomic mass is 10.2. The van der Waals surface area contributed by atoms with E-state index >= 15 is 0 Å². The summed E-state index contributed by atoms with van der Waals surface area (Å²) in [7, 11) is 1.57. The van der Waals surface area contributed by atoms with Crippen LogP contribution in [0.3, 0.4) is 0 Å². The molecule has 6 heteroatoms. The minimum absolute atomic E-state index is 0.207. The van der Waals surface area contributed by atoms with Crippen molar-refractivity contribution in [2.75, 3.05) is 23.8 Å². The van der Waals surface area contributed by atoms with Crippen molar-refractivity contribution >= 4 is 17.4 Å². The normalized spacial score (nSPS) is 10.2. The topological polar surface area (TPSA) is 58.1 Å². The van der Waals surface area contributed by atoms with E-state index in [1.54, 1.807) is 31.3 Å². The van der Waals surface area contributed by atoms with Crippen LogP contribution >= 0.6 is 0 Å². The number of halogens is 1. The van der Waals surface area contributed by atoms with E-state index < -0.39 is 5.82 Å². The van der Waals surface area contributed by atoms with E-state index in [4.69, 9.17) is 0 Å². The van der Waals surface area contributed by atoms with Gasteiger partial charge in [-0.2, -0.15) is 0 Å². The van der Waals surface area contributed by atoms with Gasteiger partial charge in [0, 0.05) is 19.3 Å². The Kier molecular flexibility index (Phi) is 4.24. The molecule has 104 valence electrons. The number of rotatable bonds is 4. The first kappa shape index (κ1) is 13.9. The highest BCUT2D eigenvalue weighted by Gasteiger charge is 2.15. The molecule has 2 rings (SSSR count). The lowest BCUT2D eigenvalue weighted by Gasteiger charge is -2.16. The summed E-state index contributed by atoms with van der Waals surface area (Å²) in [6, 6.07) is 9.09. The summed E-state index contributed by atoms with van der Waals surface area (Å²) in [4.78, 5) is 13.5. The second-order valence-electron chi connectivity index (χ2n) is 4.18. The smallest absolute Gasteiger partial charge is 0.278 e. The molecule has 0 bridgehead atoms. The summed E-state index contributed by atoms with van der Waals surface area (Å²) in [5.41, 5.74) is 0.672. The third kappa shape index (κ3) is 3.09. The Hall–Kier alpha value is -2.50. The van der Waals surface area contributed by atoms with Crippen LogP contribution < -0.4 is 10.2 Å². The zero-order chi connectivity index (χ0) is 14.5. The lowest BCUT2D eigenvalue weighted by molar-refractivity contribution is 0.0987. The number of carbonyl (C=O) groups is 1. The Morgan fingerprint density at radius 2 is 2.10 bits per heavy atom. The second kappa shape index (κ2) is 6.10. The Morgan fingerprint density at radius 1 is 1.30 bits per heavy atom. The average molecular weight is 274 g/mol. The van der Waals surface area contributed by atoms with Crippen molar-refractivity contribution in [3.05, 3.63) is 47.9 Å². The van der Waals surface area contributed by atoms with Crippen LogP contribution in [0.5, 0.6) is 0 Å². The first-order valence-corrected chi connectivity index (χ1v) is 6.23. The molecule has 5 nitrogen and oxygen atoms in total. The molecule has 0 spiro atoms. The molecule has 2 aromatic rings. The number of hydrogen-bond donors (Lipinski definition) is 1. The molecule has 1 aromatic carbocycles. The summed E-state index contributed by atoms with van der Waals surface area (Å²) in [6.07, 6.45) is 0. The van der Waals surface area contributed by atoms with Crippen molar-refractivity contribution in [3.63, 3.8) is 0 Å². The predicted molar refractivity (Wildman–Crippen MR) is 75.3 cm³/mol. The number of nitrogens with one attached hydrogen (secondary N) is 1. The highest BCUT2D eigenvalue weighted by Crippen LogP contribution is 2.16. The molecule has 0 saturated carbocycles. The van der Waals surface area contributed by atoms with E-state index in [-0.39, 0.29) is 11.6 Å². The SMILES string of the molecule is CCNc1ccc(C(=O)N(C)c2cccc(F)c2)nn1. The molecule has 0 aliphatic heterocycles. The Bertz CT molecular complexity index is 600.